The monoisotopic (exact) mass is 698 g/mol. The molecule has 0 unspecified atom stereocenters. The lowest BCUT2D eigenvalue weighted by molar-refractivity contribution is 0.0390. The highest BCUT2D eigenvalue weighted by molar-refractivity contribution is 4.97. The second-order valence-corrected chi connectivity index (χ2v) is 9.32. The maximum atomic E-state index is 5.26. The molecule has 0 aliphatic carbocycles. The normalized spacial score (nSPS) is 10.2. The van der Waals surface area contributed by atoms with Gasteiger partial charge in [0.15, 0.2) is 0 Å². The second-order valence-electron chi connectivity index (χ2n) is 9.32. The van der Waals surface area contributed by atoms with Crippen molar-refractivity contribution in [1.82, 2.24) is 0 Å². The molecule has 0 radical (unpaired) electrons. The molecule has 4 aromatic rings. The van der Waals surface area contributed by atoms with Gasteiger partial charge in [-0.15, -0.1) is 0 Å². The third kappa shape index (κ3) is 29.4. The van der Waals surface area contributed by atoms with Crippen LogP contribution in [0.5, 0.6) is 0 Å². The molecule has 4 heterocycles. The standard InChI is InChI=1S/4C9H14O3.H2O/c4*1-2-10-6-7-11-8-9-4-3-5-12-9;/h4*3-5H,2,6-8H2,1H3;1H2. The fourth-order valence-electron chi connectivity index (χ4n) is 3.32. The summed E-state index contributed by atoms with van der Waals surface area (Å²) < 4.78 is 61.7. The van der Waals surface area contributed by atoms with Crippen LogP contribution < -0.4 is 0 Å². The van der Waals surface area contributed by atoms with E-state index in [1.54, 1.807) is 25.1 Å². The number of furan rings is 4. The van der Waals surface area contributed by atoms with Crippen molar-refractivity contribution in [1.29, 1.82) is 0 Å². The molecular formula is C36H58O13. The quantitative estimate of drug-likeness (QED) is 0.0732. The van der Waals surface area contributed by atoms with Gasteiger partial charge in [-0.3, -0.25) is 0 Å². The third-order valence-electron chi connectivity index (χ3n) is 5.60. The summed E-state index contributed by atoms with van der Waals surface area (Å²) in [4.78, 5) is 0. The van der Waals surface area contributed by atoms with Gasteiger partial charge in [-0.05, 0) is 76.2 Å². The van der Waals surface area contributed by atoms with E-state index in [0.29, 0.717) is 79.3 Å². The SMILES string of the molecule is CCOCCOCc1ccco1.CCOCCOCc1ccco1.CCOCCOCc1ccco1.CCOCCOCc1ccco1.O. The fourth-order valence-corrected chi connectivity index (χ4v) is 3.32. The Hall–Kier alpha value is -3.24. The van der Waals surface area contributed by atoms with E-state index in [2.05, 4.69) is 0 Å². The van der Waals surface area contributed by atoms with Crippen LogP contribution in [-0.4, -0.2) is 84.8 Å². The summed E-state index contributed by atoms with van der Waals surface area (Å²) in [5, 5.41) is 0. The number of hydrogen-bond acceptors (Lipinski definition) is 12. The van der Waals surface area contributed by atoms with E-state index < -0.39 is 0 Å². The van der Waals surface area contributed by atoms with E-state index >= 15 is 0 Å². The summed E-state index contributed by atoms with van der Waals surface area (Å²) in [5.74, 6) is 3.41. The van der Waals surface area contributed by atoms with E-state index in [1.165, 1.54) is 0 Å². The molecule has 0 saturated heterocycles. The average Bonchev–Trinajstić information content (AvgIpc) is 3.95. The highest BCUT2D eigenvalue weighted by atomic mass is 16.5. The number of ether oxygens (including phenoxy) is 8. The van der Waals surface area contributed by atoms with Crippen LogP contribution in [0, 0.1) is 0 Å². The number of hydrogen-bond donors (Lipinski definition) is 0. The molecule has 4 aromatic heterocycles. The first kappa shape index (κ1) is 45.8. The molecule has 13 nitrogen and oxygen atoms in total. The minimum absolute atomic E-state index is 0. The first-order valence-corrected chi connectivity index (χ1v) is 16.4. The third-order valence-corrected chi connectivity index (χ3v) is 5.60. The van der Waals surface area contributed by atoms with Gasteiger partial charge < -0.3 is 61.0 Å². The van der Waals surface area contributed by atoms with Gasteiger partial charge in [0, 0.05) is 26.4 Å². The van der Waals surface area contributed by atoms with Crippen molar-refractivity contribution in [3.05, 3.63) is 96.6 Å². The Morgan fingerprint density at radius 3 is 0.714 bits per heavy atom. The summed E-state index contributed by atoms with van der Waals surface area (Å²) in [6.45, 7) is 18.0. The van der Waals surface area contributed by atoms with Crippen molar-refractivity contribution in [3.63, 3.8) is 0 Å². The lowest BCUT2D eigenvalue weighted by Crippen LogP contribution is -2.03. The molecule has 0 atom stereocenters. The lowest BCUT2D eigenvalue weighted by Gasteiger charge is -2.01. The van der Waals surface area contributed by atoms with E-state index in [4.69, 9.17) is 55.6 Å². The van der Waals surface area contributed by atoms with Crippen LogP contribution in [0.1, 0.15) is 50.7 Å². The maximum absolute atomic E-state index is 5.26. The Balaban J connectivity index is 0.000000623. The molecule has 13 heteroatoms. The summed E-state index contributed by atoms with van der Waals surface area (Å²) in [7, 11) is 0. The molecule has 0 saturated carbocycles. The molecule has 0 fully saturated rings. The van der Waals surface area contributed by atoms with Gasteiger partial charge >= 0.3 is 0 Å². The van der Waals surface area contributed by atoms with E-state index in [9.17, 15) is 0 Å². The van der Waals surface area contributed by atoms with Crippen LogP contribution in [0.15, 0.2) is 91.3 Å². The summed E-state index contributed by atoms with van der Waals surface area (Å²) in [6.07, 6.45) is 6.56. The largest absolute Gasteiger partial charge is 0.467 e. The molecule has 0 amide bonds. The first-order chi connectivity index (χ1) is 23.7. The van der Waals surface area contributed by atoms with Gasteiger partial charge in [0.2, 0.25) is 0 Å². The second kappa shape index (κ2) is 36.1. The molecule has 280 valence electrons. The van der Waals surface area contributed by atoms with Crippen LogP contribution in [0.4, 0.5) is 0 Å². The number of rotatable bonds is 24. The fraction of sp³-hybridized carbons (Fsp3) is 0.556. The molecule has 4 rings (SSSR count). The van der Waals surface area contributed by atoms with Crippen LogP contribution in [0.3, 0.4) is 0 Å². The van der Waals surface area contributed by atoms with Crippen LogP contribution >= 0.6 is 0 Å². The van der Waals surface area contributed by atoms with Gasteiger partial charge in [-0.1, -0.05) is 0 Å². The smallest absolute Gasteiger partial charge is 0.129 e. The highest BCUT2D eigenvalue weighted by Crippen LogP contribution is 2.03. The molecule has 0 aromatic carbocycles. The van der Waals surface area contributed by atoms with Gasteiger partial charge in [-0.25, -0.2) is 0 Å². The lowest BCUT2D eigenvalue weighted by atomic mass is 10.5. The zero-order valence-corrected chi connectivity index (χ0v) is 29.6. The maximum Gasteiger partial charge on any atom is 0.129 e. The predicted molar refractivity (Wildman–Crippen MR) is 183 cm³/mol. The molecular weight excluding hydrogens is 640 g/mol. The van der Waals surface area contributed by atoms with Gasteiger partial charge in [-0.2, -0.15) is 0 Å². The molecule has 0 aliphatic rings. The molecule has 0 bridgehead atoms. The van der Waals surface area contributed by atoms with Crippen molar-refractivity contribution in [2.45, 2.75) is 54.1 Å². The van der Waals surface area contributed by atoms with Crippen molar-refractivity contribution >= 4 is 0 Å². The first-order valence-electron chi connectivity index (χ1n) is 16.4. The molecule has 0 spiro atoms. The Bertz CT molecular complexity index is 906. The zero-order chi connectivity index (χ0) is 34.6. The highest BCUT2D eigenvalue weighted by Gasteiger charge is 1.97. The Morgan fingerprint density at radius 2 is 0.551 bits per heavy atom. The molecule has 49 heavy (non-hydrogen) atoms. The summed E-state index contributed by atoms with van der Waals surface area (Å²) in [6, 6.07) is 15.0. The summed E-state index contributed by atoms with van der Waals surface area (Å²) in [5.41, 5.74) is 0. The zero-order valence-electron chi connectivity index (χ0n) is 29.6. The van der Waals surface area contributed by atoms with Crippen molar-refractivity contribution in [3.8, 4) is 0 Å². The van der Waals surface area contributed by atoms with Crippen LogP contribution in [0.2, 0.25) is 0 Å². The minimum atomic E-state index is 0. The van der Waals surface area contributed by atoms with Gasteiger partial charge in [0.1, 0.15) is 49.5 Å². The van der Waals surface area contributed by atoms with Crippen molar-refractivity contribution in [2.75, 3.05) is 79.3 Å². The van der Waals surface area contributed by atoms with Gasteiger partial charge in [0.25, 0.3) is 0 Å². The van der Waals surface area contributed by atoms with Gasteiger partial charge in [0.05, 0.1) is 77.9 Å². The van der Waals surface area contributed by atoms with E-state index in [1.807, 2.05) is 76.2 Å². The Labute approximate surface area is 290 Å². The molecule has 2 N–H and O–H groups in total. The van der Waals surface area contributed by atoms with Crippen LogP contribution in [0.25, 0.3) is 0 Å². The van der Waals surface area contributed by atoms with Crippen molar-refractivity contribution in [2.24, 2.45) is 0 Å². The van der Waals surface area contributed by atoms with Crippen molar-refractivity contribution < 1.29 is 61.0 Å². The summed E-state index contributed by atoms with van der Waals surface area (Å²) >= 11 is 0. The predicted octanol–water partition coefficient (Wildman–Crippen LogP) is 6.51. The average molecular weight is 699 g/mol. The Kier molecular flexibility index (Phi) is 33.7. The van der Waals surface area contributed by atoms with E-state index in [-0.39, 0.29) is 5.48 Å². The minimum Gasteiger partial charge on any atom is -0.467 e. The Morgan fingerprint density at radius 1 is 0.347 bits per heavy atom. The molecule has 0 aliphatic heterocycles. The van der Waals surface area contributed by atoms with E-state index in [0.717, 1.165) is 49.5 Å². The van der Waals surface area contributed by atoms with Crippen LogP contribution in [-0.2, 0) is 64.3 Å². The topological polar surface area (TPSA) is 158 Å².